The summed E-state index contributed by atoms with van der Waals surface area (Å²) in [6.45, 7) is 1.59. The van der Waals surface area contributed by atoms with E-state index in [0.29, 0.717) is 9.80 Å². The van der Waals surface area contributed by atoms with Crippen molar-refractivity contribution in [2.75, 3.05) is 14.1 Å². The lowest BCUT2D eigenvalue weighted by atomic mass is 10.3. The maximum Gasteiger partial charge on any atom is 0.346 e. The second-order valence-corrected chi connectivity index (χ2v) is 3.31. The van der Waals surface area contributed by atoms with Gasteiger partial charge in [-0.05, 0) is 20.5 Å². The van der Waals surface area contributed by atoms with Gasteiger partial charge in [-0.3, -0.25) is 0 Å². The molecule has 0 aromatic heterocycles. The summed E-state index contributed by atoms with van der Waals surface area (Å²) in [7, 11) is 2.27. The highest BCUT2D eigenvalue weighted by Gasteiger charge is 2.39. The number of nitrogens with zero attached hydrogens (tertiary/aromatic N) is 2. The van der Waals surface area contributed by atoms with E-state index in [0.717, 1.165) is 14.1 Å². The van der Waals surface area contributed by atoms with Crippen molar-refractivity contribution >= 4 is 0 Å². The summed E-state index contributed by atoms with van der Waals surface area (Å²) < 4.78 is 0. The van der Waals surface area contributed by atoms with Gasteiger partial charge in [-0.1, -0.05) is 6.92 Å². The van der Waals surface area contributed by atoms with Crippen LogP contribution in [0.5, 0.6) is 0 Å². The SMILES string of the molecule is CCC(N(C)C(O)(O)O)N(C)C(O)(O)O. The second-order valence-electron chi connectivity index (χ2n) is 3.31. The molecular formula is C7H18N2O6. The number of rotatable bonds is 5. The smallest absolute Gasteiger partial charge is 0.330 e. The van der Waals surface area contributed by atoms with Crippen LogP contribution in [0.15, 0.2) is 0 Å². The lowest BCUT2D eigenvalue weighted by Gasteiger charge is -2.41. The second kappa shape index (κ2) is 4.68. The minimum atomic E-state index is -3.11. The third-order valence-corrected chi connectivity index (χ3v) is 2.21. The molecule has 0 aromatic rings. The van der Waals surface area contributed by atoms with Gasteiger partial charge in [-0.2, -0.15) is 0 Å². The Kier molecular flexibility index (Phi) is 4.58. The van der Waals surface area contributed by atoms with Gasteiger partial charge in [-0.15, -0.1) is 0 Å². The van der Waals surface area contributed by atoms with Crippen LogP contribution in [0, 0.1) is 0 Å². The summed E-state index contributed by atoms with van der Waals surface area (Å²) >= 11 is 0. The maximum atomic E-state index is 8.87. The van der Waals surface area contributed by atoms with Gasteiger partial charge in [0.25, 0.3) is 0 Å². The van der Waals surface area contributed by atoms with Gasteiger partial charge in [0, 0.05) is 0 Å². The van der Waals surface area contributed by atoms with Crippen LogP contribution in [0.1, 0.15) is 13.3 Å². The van der Waals surface area contributed by atoms with Gasteiger partial charge in [0.15, 0.2) is 0 Å². The summed E-state index contributed by atoms with van der Waals surface area (Å²) in [5, 5.41) is 53.2. The average molecular weight is 226 g/mol. The molecule has 0 saturated heterocycles. The quantitative estimate of drug-likeness (QED) is 0.270. The van der Waals surface area contributed by atoms with Gasteiger partial charge in [0.2, 0.25) is 0 Å². The van der Waals surface area contributed by atoms with E-state index in [1.165, 1.54) is 0 Å². The Morgan fingerprint density at radius 1 is 0.867 bits per heavy atom. The molecule has 0 amide bonds. The summed E-state index contributed by atoms with van der Waals surface area (Å²) in [6, 6.07) is 0. The van der Waals surface area contributed by atoms with Crippen molar-refractivity contribution < 1.29 is 30.6 Å². The van der Waals surface area contributed by atoms with Crippen LogP contribution in [0.25, 0.3) is 0 Å². The van der Waals surface area contributed by atoms with Gasteiger partial charge >= 0.3 is 12.2 Å². The van der Waals surface area contributed by atoms with E-state index in [1.54, 1.807) is 6.92 Å². The highest BCUT2D eigenvalue weighted by molar-refractivity contribution is 4.69. The summed E-state index contributed by atoms with van der Waals surface area (Å²) in [6.07, 6.45) is -7.02. The molecule has 0 spiro atoms. The molecule has 0 unspecified atom stereocenters. The Balaban J connectivity index is 4.78. The minimum Gasteiger partial charge on any atom is -0.330 e. The normalized spacial score (nSPS) is 14.4. The molecule has 0 aliphatic heterocycles. The van der Waals surface area contributed by atoms with Crippen molar-refractivity contribution in [2.24, 2.45) is 0 Å². The van der Waals surface area contributed by atoms with Crippen LogP contribution in [-0.2, 0) is 0 Å². The van der Waals surface area contributed by atoms with Gasteiger partial charge in [0.05, 0.1) is 6.17 Å². The van der Waals surface area contributed by atoms with Crippen LogP contribution < -0.4 is 0 Å². The van der Waals surface area contributed by atoms with E-state index in [4.69, 9.17) is 30.6 Å². The molecule has 15 heavy (non-hydrogen) atoms. The molecule has 0 atom stereocenters. The van der Waals surface area contributed by atoms with Crippen molar-refractivity contribution in [2.45, 2.75) is 31.7 Å². The molecule has 0 aliphatic rings. The van der Waals surface area contributed by atoms with E-state index in [1.807, 2.05) is 0 Å². The number of aliphatic hydroxyl groups is 6. The largest absolute Gasteiger partial charge is 0.346 e. The predicted octanol–water partition coefficient (Wildman–Crippen LogP) is -3.24. The molecule has 92 valence electrons. The first-order valence-corrected chi connectivity index (χ1v) is 4.32. The number of hydrogen-bond donors (Lipinski definition) is 6. The molecule has 0 aromatic carbocycles. The van der Waals surface area contributed by atoms with E-state index in [-0.39, 0.29) is 6.42 Å². The Labute approximate surface area is 87.2 Å². The molecule has 0 saturated carbocycles. The molecule has 0 rings (SSSR count). The zero-order valence-corrected chi connectivity index (χ0v) is 8.86. The van der Waals surface area contributed by atoms with Crippen LogP contribution >= 0.6 is 0 Å². The lowest BCUT2D eigenvalue weighted by Crippen LogP contribution is -2.62. The monoisotopic (exact) mass is 226 g/mol. The molecule has 8 nitrogen and oxygen atoms in total. The fourth-order valence-electron chi connectivity index (χ4n) is 1.21. The Morgan fingerprint density at radius 2 is 1.13 bits per heavy atom. The summed E-state index contributed by atoms with van der Waals surface area (Å²) in [4.78, 5) is 1.29. The Morgan fingerprint density at radius 3 is 1.27 bits per heavy atom. The molecule has 0 heterocycles. The highest BCUT2D eigenvalue weighted by atomic mass is 16.7. The summed E-state index contributed by atoms with van der Waals surface area (Å²) in [5.74, 6) is 0. The van der Waals surface area contributed by atoms with E-state index in [2.05, 4.69) is 0 Å². The van der Waals surface area contributed by atoms with Crippen molar-refractivity contribution in [3.05, 3.63) is 0 Å². The maximum absolute atomic E-state index is 8.87. The standard InChI is InChI=1S/C7H18N2O6/c1-4-5(8(2)6(10,11)12)9(3)7(13,14)15/h5,10-15H,4H2,1-3H3. The molecule has 0 radical (unpaired) electrons. The molecule has 8 heteroatoms. The van der Waals surface area contributed by atoms with Gasteiger partial charge in [-0.25, -0.2) is 9.80 Å². The molecule has 0 aliphatic carbocycles. The van der Waals surface area contributed by atoms with Crippen molar-refractivity contribution in [3.63, 3.8) is 0 Å². The first-order valence-electron chi connectivity index (χ1n) is 4.32. The van der Waals surface area contributed by atoms with Crippen molar-refractivity contribution in [1.82, 2.24) is 9.80 Å². The third kappa shape index (κ3) is 3.97. The predicted molar refractivity (Wildman–Crippen MR) is 48.4 cm³/mol. The zero-order valence-electron chi connectivity index (χ0n) is 8.86. The fourth-order valence-corrected chi connectivity index (χ4v) is 1.21. The lowest BCUT2D eigenvalue weighted by molar-refractivity contribution is -0.438. The van der Waals surface area contributed by atoms with Crippen LogP contribution in [0.4, 0.5) is 0 Å². The van der Waals surface area contributed by atoms with E-state index < -0.39 is 18.4 Å². The van der Waals surface area contributed by atoms with Crippen LogP contribution in [0.2, 0.25) is 0 Å². The van der Waals surface area contributed by atoms with E-state index >= 15 is 0 Å². The Hall–Kier alpha value is -0.320. The number of hydrogen-bond acceptors (Lipinski definition) is 8. The summed E-state index contributed by atoms with van der Waals surface area (Å²) in [5.41, 5.74) is 0. The Bertz CT molecular complexity index is 179. The topological polar surface area (TPSA) is 128 Å². The molecule has 0 fully saturated rings. The first kappa shape index (κ1) is 14.7. The molecular weight excluding hydrogens is 208 g/mol. The average Bonchev–Trinajstić information content (AvgIpc) is 2.01. The van der Waals surface area contributed by atoms with Crippen LogP contribution in [0.3, 0.4) is 0 Å². The van der Waals surface area contributed by atoms with Crippen molar-refractivity contribution in [1.29, 1.82) is 0 Å². The van der Waals surface area contributed by atoms with E-state index in [9.17, 15) is 0 Å². The van der Waals surface area contributed by atoms with Crippen molar-refractivity contribution in [3.8, 4) is 0 Å². The molecule has 0 bridgehead atoms. The van der Waals surface area contributed by atoms with Crippen LogP contribution in [-0.4, -0.2) is 72.9 Å². The zero-order chi connectivity index (χ0) is 12.4. The fraction of sp³-hybridized carbons (Fsp3) is 1.00. The third-order valence-electron chi connectivity index (χ3n) is 2.21. The minimum absolute atomic E-state index is 0.194. The van der Waals surface area contributed by atoms with Gasteiger partial charge < -0.3 is 30.6 Å². The van der Waals surface area contributed by atoms with Gasteiger partial charge in [0.1, 0.15) is 0 Å². The highest BCUT2D eigenvalue weighted by Crippen LogP contribution is 2.17. The molecule has 6 N–H and O–H groups in total. The first-order chi connectivity index (χ1) is 6.51.